The first kappa shape index (κ1) is 12.9. The predicted molar refractivity (Wildman–Crippen MR) is 62.0 cm³/mol. The minimum atomic E-state index is -0.432. The Morgan fingerprint density at radius 2 is 2.38 bits per heavy atom. The van der Waals surface area contributed by atoms with E-state index in [1.54, 1.807) is 7.11 Å². The first-order valence-corrected chi connectivity index (χ1v) is 5.02. The number of amidine groups is 1. The number of rotatable bonds is 4. The van der Waals surface area contributed by atoms with E-state index in [1.807, 2.05) is 0 Å². The zero-order valence-electron chi connectivity index (χ0n) is 8.84. The number of nitrogens with zero attached hydrogens (tertiary/aromatic N) is 1. The summed E-state index contributed by atoms with van der Waals surface area (Å²) < 4.78 is 18.3. The zero-order chi connectivity index (χ0) is 12.0. The highest BCUT2D eigenvalue weighted by Crippen LogP contribution is 2.14. The summed E-state index contributed by atoms with van der Waals surface area (Å²) >= 11 is 5.76. The second-order valence-electron chi connectivity index (χ2n) is 2.99. The second-order valence-corrected chi connectivity index (χ2v) is 3.43. The zero-order valence-corrected chi connectivity index (χ0v) is 9.59. The lowest BCUT2D eigenvalue weighted by atomic mass is 10.2. The van der Waals surface area contributed by atoms with Gasteiger partial charge in [0.1, 0.15) is 11.7 Å². The van der Waals surface area contributed by atoms with Gasteiger partial charge in [0.25, 0.3) is 0 Å². The molecule has 6 heteroatoms. The van der Waals surface area contributed by atoms with Gasteiger partial charge >= 0.3 is 0 Å². The van der Waals surface area contributed by atoms with Gasteiger partial charge in [-0.25, -0.2) is 10.2 Å². The largest absolute Gasteiger partial charge is 0.383 e. The molecule has 0 amide bonds. The minimum Gasteiger partial charge on any atom is -0.383 e. The summed E-state index contributed by atoms with van der Waals surface area (Å²) in [4.78, 5) is 4.06. The number of methoxy groups -OCH3 is 1. The molecule has 0 radical (unpaired) electrons. The highest BCUT2D eigenvalue weighted by Gasteiger charge is 2.08. The molecule has 0 aliphatic heterocycles. The van der Waals surface area contributed by atoms with Crippen molar-refractivity contribution < 1.29 is 9.13 Å². The van der Waals surface area contributed by atoms with Gasteiger partial charge in [0.2, 0.25) is 0 Å². The van der Waals surface area contributed by atoms with Gasteiger partial charge in [-0.2, -0.15) is 0 Å². The van der Waals surface area contributed by atoms with Gasteiger partial charge in [-0.3, -0.25) is 4.99 Å². The van der Waals surface area contributed by atoms with Gasteiger partial charge in [0.15, 0.2) is 0 Å². The molecule has 0 fully saturated rings. The summed E-state index contributed by atoms with van der Waals surface area (Å²) in [6.07, 6.45) is 0. The van der Waals surface area contributed by atoms with Gasteiger partial charge in [0, 0.05) is 12.1 Å². The van der Waals surface area contributed by atoms with Crippen molar-refractivity contribution in [3.63, 3.8) is 0 Å². The summed E-state index contributed by atoms with van der Waals surface area (Å²) in [6, 6.07) is 4.19. The molecule has 0 aromatic heterocycles. The van der Waals surface area contributed by atoms with Crippen molar-refractivity contribution in [1.82, 2.24) is 5.43 Å². The molecule has 3 N–H and O–H groups in total. The van der Waals surface area contributed by atoms with E-state index >= 15 is 0 Å². The quantitative estimate of drug-likeness (QED) is 0.277. The molecule has 0 atom stereocenters. The fourth-order valence-electron chi connectivity index (χ4n) is 1.14. The van der Waals surface area contributed by atoms with Crippen molar-refractivity contribution in [2.24, 2.45) is 10.8 Å². The Morgan fingerprint density at radius 1 is 1.62 bits per heavy atom. The van der Waals surface area contributed by atoms with E-state index in [4.69, 9.17) is 22.2 Å². The van der Waals surface area contributed by atoms with Gasteiger partial charge in [0.05, 0.1) is 18.7 Å². The van der Waals surface area contributed by atoms with E-state index in [-0.39, 0.29) is 11.4 Å². The topological polar surface area (TPSA) is 59.6 Å². The molecule has 1 aromatic rings. The van der Waals surface area contributed by atoms with E-state index in [2.05, 4.69) is 10.4 Å². The monoisotopic (exact) mass is 245 g/mol. The Balaban J connectivity index is 2.94. The summed E-state index contributed by atoms with van der Waals surface area (Å²) in [6.45, 7) is 0.829. The highest BCUT2D eigenvalue weighted by molar-refractivity contribution is 6.31. The van der Waals surface area contributed by atoms with Crippen molar-refractivity contribution in [2.75, 3.05) is 20.3 Å². The normalized spacial score (nSPS) is 11.6. The number of hydrazine groups is 1. The third-order valence-electron chi connectivity index (χ3n) is 1.89. The maximum atomic E-state index is 13.4. The van der Waals surface area contributed by atoms with Crippen molar-refractivity contribution in [3.8, 4) is 0 Å². The SMILES string of the molecule is COCCN=C(NN)c1cc(Cl)ccc1F. The van der Waals surface area contributed by atoms with E-state index in [0.29, 0.717) is 18.2 Å². The van der Waals surface area contributed by atoms with Crippen molar-refractivity contribution in [3.05, 3.63) is 34.6 Å². The number of aliphatic imine (C=N–C) groups is 1. The summed E-state index contributed by atoms with van der Waals surface area (Å²) in [7, 11) is 1.56. The van der Waals surface area contributed by atoms with Crippen molar-refractivity contribution >= 4 is 17.4 Å². The van der Waals surface area contributed by atoms with Crippen LogP contribution >= 0.6 is 11.6 Å². The van der Waals surface area contributed by atoms with Crippen LogP contribution in [-0.2, 0) is 4.74 Å². The molecule has 88 valence electrons. The molecule has 0 unspecified atom stereocenters. The van der Waals surface area contributed by atoms with Crippen LogP contribution in [0.25, 0.3) is 0 Å². The summed E-state index contributed by atoms with van der Waals surface area (Å²) in [5.74, 6) is 5.09. The van der Waals surface area contributed by atoms with Crippen molar-refractivity contribution in [1.29, 1.82) is 0 Å². The van der Waals surface area contributed by atoms with Crippen LogP contribution in [0.3, 0.4) is 0 Å². The fourth-order valence-corrected chi connectivity index (χ4v) is 1.31. The van der Waals surface area contributed by atoms with E-state index in [0.717, 1.165) is 0 Å². The minimum absolute atomic E-state index is 0.242. The van der Waals surface area contributed by atoms with E-state index in [9.17, 15) is 4.39 Å². The number of benzene rings is 1. The summed E-state index contributed by atoms with van der Waals surface area (Å²) in [5, 5.41) is 0.422. The molecule has 0 spiro atoms. The fraction of sp³-hybridized carbons (Fsp3) is 0.300. The maximum Gasteiger partial charge on any atom is 0.145 e. The van der Waals surface area contributed by atoms with Crippen LogP contribution in [0.1, 0.15) is 5.56 Å². The summed E-state index contributed by atoms with van der Waals surface area (Å²) in [5.41, 5.74) is 2.58. The molecule has 0 saturated heterocycles. The van der Waals surface area contributed by atoms with Crippen LogP contribution in [0.5, 0.6) is 0 Å². The lowest BCUT2D eigenvalue weighted by Gasteiger charge is -2.07. The molecule has 0 heterocycles. The Hall–Kier alpha value is -1.17. The van der Waals surface area contributed by atoms with Crippen molar-refractivity contribution in [2.45, 2.75) is 0 Å². The van der Waals surface area contributed by atoms with Crippen LogP contribution in [0, 0.1) is 5.82 Å². The number of hydrogen-bond donors (Lipinski definition) is 2. The maximum absolute atomic E-state index is 13.4. The Morgan fingerprint density at radius 3 is 3.00 bits per heavy atom. The predicted octanol–water partition coefficient (Wildman–Crippen LogP) is 1.34. The molecule has 4 nitrogen and oxygen atoms in total. The average Bonchev–Trinajstić information content (AvgIpc) is 2.28. The molecule has 1 rings (SSSR count). The Labute approximate surface area is 98.2 Å². The van der Waals surface area contributed by atoms with Gasteiger partial charge < -0.3 is 10.2 Å². The third-order valence-corrected chi connectivity index (χ3v) is 2.12. The second kappa shape index (κ2) is 6.42. The lowest BCUT2D eigenvalue weighted by Crippen LogP contribution is -2.32. The number of nitrogens with one attached hydrogen (secondary N) is 1. The molecule has 0 bridgehead atoms. The van der Waals surface area contributed by atoms with Crippen LogP contribution in [0.15, 0.2) is 23.2 Å². The molecule has 1 aromatic carbocycles. The van der Waals surface area contributed by atoms with Gasteiger partial charge in [-0.05, 0) is 18.2 Å². The Bertz CT molecular complexity index is 384. The average molecular weight is 246 g/mol. The highest BCUT2D eigenvalue weighted by atomic mass is 35.5. The number of ether oxygens (including phenoxy) is 1. The Kier molecular flexibility index (Phi) is 5.18. The van der Waals surface area contributed by atoms with Crippen LogP contribution < -0.4 is 11.3 Å². The van der Waals surface area contributed by atoms with Crippen LogP contribution in [-0.4, -0.2) is 26.1 Å². The standard InChI is InChI=1S/C10H13ClFN3O/c1-16-5-4-14-10(15-13)8-6-7(11)2-3-9(8)12/h2-3,6H,4-5,13H2,1H3,(H,14,15). The number of halogens is 2. The third kappa shape index (κ3) is 3.44. The van der Waals surface area contributed by atoms with E-state index in [1.165, 1.54) is 18.2 Å². The molecule has 0 saturated carbocycles. The van der Waals surface area contributed by atoms with Crippen LogP contribution in [0.2, 0.25) is 5.02 Å². The molecule has 0 aliphatic rings. The molecular formula is C10H13ClFN3O. The molecule has 16 heavy (non-hydrogen) atoms. The number of nitrogens with two attached hydrogens (primary N) is 1. The van der Waals surface area contributed by atoms with Gasteiger partial charge in [-0.1, -0.05) is 11.6 Å². The van der Waals surface area contributed by atoms with E-state index < -0.39 is 5.82 Å². The molecular weight excluding hydrogens is 233 g/mol. The first-order chi connectivity index (χ1) is 7.69. The smallest absolute Gasteiger partial charge is 0.145 e. The van der Waals surface area contributed by atoms with Gasteiger partial charge in [-0.15, -0.1) is 0 Å². The lowest BCUT2D eigenvalue weighted by molar-refractivity contribution is 0.208. The first-order valence-electron chi connectivity index (χ1n) is 4.64. The number of hydrogen-bond acceptors (Lipinski definition) is 3. The molecule has 0 aliphatic carbocycles. The van der Waals surface area contributed by atoms with Crippen LogP contribution in [0.4, 0.5) is 4.39 Å².